The van der Waals surface area contributed by atoms with Gasteiger partial charge in [-0.1, -0.05) is 24.3 Å². The lowest BCUT2D eigenvalue weighted by molar-refractivity contribution is 0.0933. The van der Waals surface area contributed by atoms with Gasteiger partial charge in [-0.15, -0.1) is 5.10 Å². The van der Waals surface area contributed by atoms with Gasteiger partial charge >= 0.3 is 0 Å². The van der Waals surface area contributed by atoms with Crippen molar-refractivity contribution in [1.82, 2.24) is 25.3 Å². The van der Waals surface area contributed by atoms with Crippen molar-refractivity contribution in [3.8, 4) is 11.8 Å². The predicted octanol–water partition coefficient (Wildman–Crippen LogP) is 2.93. The first-order chi connectivity index (χ1) is 15.0. The fourth-order valence-corrected chi connectivity index (χ4v) is 3.87. The summed E-state index contributed by atoms with van der Waals surface area (Å²) in [7, 11) is 0. The molecule has 0 radical (unpaired) electrons. The van der Waals surface area contributed by atoms with Gasteiger partial charge in [0.25, 0.3) is 5.91 Å². The van der Waals surface area contributed by atoms with E-state index < -0.39 is 0 Å². The lowest BCUT2D eigenvalue weighted by Gasteiger charge is -2.31. The van der Waals surface area contributed by atoms with Crippen LogP contribution in [0.25, 0.3) is 5.69 Å². The van der Waals surface area contributed by atoms with Crippen molar-refractivity contribution in [2.24, 2.45) is 0 Å². The van der Waals surface area contributed by atoms with E-state index in [-0.39, 0.29) is 11.9 Å². The van der Waals surface area contributed by atoms with E-state index in [1.54, 1.807) is 23.0 Å². The lowest BCUT2D eigenvalue weighted by atomic mass is 9.97. The van der Waals surface area contributed by atoms with E-state index in [9.17, 15) is 10.1 Å². The van der Waals surface area contributed by atoms with Crippen LogP contribution in [0, 0.1) is 18.3 Å². The molecular weight excluding hydrogens is 390 g/mol. The summed E-state index contributed by atoms with van der Waals surface area (Å²) < 4.78 is 1.75. The Kier molecular flexibility index (Phi) is 5.67. The zero-order valence-electron chi connectivity index (χ0n) is 18.0. The molecule has 0 fully saturated rings. The molecule has 31 heavy (non-hydrogen) atoms. The van der Waals surface area contributed by atoms with Crippen LogP contribution in [0.2, 0.25) is 0 Å². The molecule has 1 N–H and O–H groups in total. The van der Waals surface area contributed by atoms with Crippen LogP contribution >= 0.6 is 0 Å². The van der Waals surface area contributed by atoms with E-state index in [0.29, 0.717) is 29.3 Å². The van der Waals surface area contributed by atoms with Crippen molar-refractivity contribution in [3.63, 3.8) is 0 Å². The van der Waals surface area contributed by atoms with Gasteiger partial charge in [0.1, 0.15) is 11.9 Å². The third-order valence-corrected chi connectivity index (χ3v) is 5.78. The minimum Gasteiger partial charge on any atom is -0.351 e. The van der Waals surface area contributed by atoms with Gasteiger partial charge in [-0.25, -0.2) is 9.67 Å². The maximum Gasteiger partial charge on any atom is 0.273 e. The molecule has 0 saturated heterocycles. The highest BCUT2D eigenvalue weighted by Gasteiger charge is 2.25. The van der Waals surface area contributed by atoms with Crippen LogP contribution in [-0.4, -0.2) is 38.5 Å². The van der Waals surface area contributed by atoms with E-state index in [2.05, 4.69) is 37.6 Å². The van der Waals surface area contributed by atoms with E-state index in [1.165, 1.54) is 5.56 Å². The number of rotatable bonds is 5. The fraction of sp³-hybridized carbons (Fsp3) is 0.348. The molecular formula is C23H25N7O. The standard InChI is InChI=1S/C23H25N7O/c1-4-15(2)26-23(31)21-16(3)30(28-27-21)20-9-5-7-18-14-29(12-10-19(18)20)22-17(13-24)8-6-11-25-22/h5-9,11,15H,4,10,12,14H2,1-3H3,(H,26,31). The number of benzene rings is 1. The number of nitrogens with zero attached hydrogens (tertiary/aromatic N) is 6. The quantitative estimate of drug-likeness (QED) is 0.688. The van der Waals surface area contributed by atoms with E-state index >= 15 is 0 Å². The highest BCUT2D eigenvalue weighted by atomic mass is 16.2. The number of fused-ring (bicyclic) bond motifs is 1. The summed E-state index contributed by atoms with van der Waals surface area (Å²) in [5, 5.41) is 20.8. The molecule has 1 aromatic carbocycles. The molecule has 0 bridgehead atoms. The van der Waals surface area contributed by atoms with Gasteiger partial charge in [0.2, 0.25) is 0 Å². The highest BCUT2D eigenvalue weighted by Crippen LogP contribution is 2.29. The van der Waals surface area contributed by atoms with Gasteiger partial charge in [0.05, 0.1) is 16.9 Å². The first-order valence-electron chi connectivity index (χ1n) is 10.5. The number of amides is 1. The Morgan fingerprint density at radius 1 is 1.32 bits per heavy atom. The summed E-state index contributed by atoms with van der Waals surface area (Å²) in [4.78, 5) is 19.1. The number of nitriles is 1. The first-order valence-corrected chi connectivity index (χ1v) is 10.5. The molecule has 158 valence electrons. The van der Waals surface area contributed by atoms with Crippen LogP contribution in [0.4, 0.5) is 5.82 Å². The summed E-state index contributed by atoms with van der Waals surface area (Å²) >= 11 is 0. The van der Waals surface area contributed by atoms with Gasteiger partial charge < -0.3 is 10.2 Å². The number of hydrogen-bond acceptors (Lipinski definition) is 6. The second-order valence-corrected chi connectivity index (χ2v) is 7.79. The zero-order valence-corrected chi connectivity index (χ0v) is 18.0. The van der Waals surface area contributed by atoms with Gasteiger partial charge in [-0.05, 0) is 56.0 Å². The molecule has 4 rings (SSSR count). The Morgan fingerprint density at radius 3 is 2.94 bits per heavy atom. The normalized spacial score (nSPS) is 13.9. The van der Waals surface area contributed by atoms with Crippen molar-refractivity contribution in [2.45, 2.75) is 46.2 Å². The highest BCUT2D eigenvalue weighted by molar-refractivity contribution is 5.93. The molecule has 3 heterocycles. The summed E-state index contributed by atoms with van der Waals surface area (Å²) in [6.07, 6.45) is 3.35. The smallest absolute Gasteiger partial charge is 0.273 e. The molecule has 3 aromatic rings. The molecule has 0 spiro atoms. The zero-order chi connectivity index (χ0) is 22.0. The molecule has 1 unspecified atom stereocenters. The topological polar surface area (TPSA) is 99.7 Å². The lowest BCUT2D eigenvalue weighted by Crippen LogP contribution is -2.33. The third-order valence-electron chi connectivity index (χ3n) is 5.78. The van der Waals surface area contributed by atoms with Crippen molar-refractivity contribution in [1.29, 1.82) is 5.26 Å². The number of aromatic nitrogens is 4. The van der Waals surface area contributed by atoms with E-state index in [0.717, 1.165) is 30.6 Å². The second kappa shape index (κ2) is 8.56. The summed E-state index contributed by atoms with van der Waals surface area (Å²) in [5.41, 5.74) is 4.90. The van der Waals surface area contributed by atoms with Crippen LogP contribution in [0.5, 0.6) is 0 Å². The average molecular weight is 416 g/mol. The maximum atomic E-state index is 12.6. The molecule has 1 aliphatic heterocycles. The predicted molar refractivity (Wildman–Crippen MR) is 117 cm³/mol. The molecule has 1 amide bonds. The van der Waals surface area contributed by atoms with E-state index in [1.807, 2.05) is 32.9 Å². The second-order valence-electron chi connectivity index (χ2n) is 7.79. The minimum atomic E-state index is -0.201. The van der Waals surface area contributed by atoms with Crippen molar-refractivity contribution < 1.29 is 4.79 Å². The Balaban J connectivity index is 1.64. The number of hydrogen-bond donors (Lipinski definition) is 1. The van der Waals surface area contributed by atoms with Gasteiger partial charge in [-0.2, -0.15) is 5.26 Å². The van der Waals surface area contributed by atoms with Crippen LogP contribution in [0.15, 0.2) is 36.5 Å². The Hall–Kier alpha value is -3.73. The van der Waals surface area contributed by atoms with Crippen molar-refractivity contribution in [2.75, 3.05) is 11.4 Å². The summed E-state index contributed by atoms with van der Waals surface area (Å²) in [6, 6.07) is 12.0. The van der Waals surface area contributed by atoms with Crippen LogP contribution in [-0.2, 0) is 13.0 Å². The Morgan fingerprint density at radius 2 is 2.16 bits per heavy atom. The minimum absolute atomic E-state index is 0.0809. The number of pyridine rings is 1. The molecule has 8 heteroatoms. The first kappa shape index (κ1) is 20.5. The maximum absolute atomic E-state index is 12.6. The third kappa shape index (κ3) is 3.87. The monoisotopic (exact) mass is 415 g/mol. The average Bonchev–Trinajstić information content (AvgIpc) is 3.19. The van der Waals surface area contributed by atoms with Gasteiger partial charge in [0.15, 0.2) is 5.69 Å². The molecule has 2 aromatic heterocycles. The number of nitrogens with one attached hydrogen (secondary N) is 1. The van der Waals surface area contributed by atoms with Crippen LogP contribution in [0.3, 0.4) is 0 Å². The number of anilines is 1. The van der Waals surface area contributed by atoms with E-state index in [4.69, 9.17) is 0 Å². The molecule has 8 nitrogen and oxygen atoms in total. The molecule has 1 aliphatic rings. The molecule has 0 aliphatic carbocycles. The number of carbonyl (C=O) groups excluding carboxylic acids is 1. The van der Waals surface area contributed by atoms with Crippen LogP contribution < -0.4 is 10.2 Å². The molecule has 1 atom stereocenters. The number of carbonyl (C=O) groups is 1. The SMILES string of the molecule is CCC(C)NC(=O)c1nnn(-c2cccc3c2CCN(c2ncccc2C#N)C3)c1C. The van der Waals surface area contributed by atoms with Gasteiger partial charge in [-0.3, -0.25) is 4.79 Å². The summed E-state index contributed by atoms with van der Waals surface area (Å²) in [5.74, 6) is 0.509. The van der Waals surface area contributed by atoms with Crippen molar-refractivity contribution in [3.05, 3.63) is 64.6 Å². The van der Waals surface area contributed by atoms with Crippen LogP contribution in [0.1, 0.15) is 53.1 Å². The fourth-order valence-electron chi connectivity index (χ4n) is 3.87. The Bertz CT molecular complexity index is 1160. The summed E-state index contributed by atoms with van der Waals surface area (Å²) in [6.45, 7) is 7.26. The van der Waals surface area contributed by atoms with Crippen molar-refractivity contribution >= 4 is 11.7 Å². The van der Waals surface area contributed by atoms with Gasteiger partial charge in [0, 0.05) is 25.3 Å². The largest absolute Gasteiger partial charge is 0.351 e. The Labute approximate surface area is 181 Å². The molecule has 0 saturated carbocycles.